The van der Waals surface area contributed by atoms with Gasteiger partial charge in [0.15, 0.2) is 0 Å². The Morgan fingerprint density at radius 1 is 1.18 bits per heavy atom. The predicted octanol–water partition coefficient (Wildman–Crippen LogP) is -0.605. The standard InChI is InChI=1S/C20H27N3O5/c1-12(2)22-9-5-7-20-15(18(26)23(10-11-24)16(20)19(22)27)14-13(28-20)6-4-8-21(3)17(14)25/h4-7,12-16,24H,8-11H2,1-3H3/t13-,14+,15+,16?,20+/m1/s1. The molecule has 0 aromatic heterocycles. The van der Waals surface area contributed by atoms with Crippen molar-refractivity contribution in [3.05, 3.63) is 24.3 Å². The van der Waals surface area contributed by atoms with Crippen molar-refractivity contribution in [2.24, 2.45) is 11.8 Å². The Balaban J connectivity index is 1.85. The number of β-amino-alcohol motifs (C(OH)–C–C–N with tert-alkyl or cyclic N) is 1. The highest BCUT2D eigenvalue weighted by Gasteiger charge is 2.71. The van der Waals surface area contributed by atoms with Gasteiger partial charge in [0.25, 0.3) is 0 Å². The maximum atomic E-state index is 13.5. The molecule has 0 saturated carbocycles. The van der Waals surface area contributed by atoms with E-state index in [-0.39, 0.29) is 36.9 Å². The number of fused-ring (bicyclic) bond motifs is 2. The lowest BCUT2D eigenvalue weighted by atomic mass is 9.77. The molecule has 8 heteroatoms. The molecule has 4 aliphatic heterocycles. The Morgan fingerprint density at radius 2 is 1.93 bits per heavy atom. The molecule has 0 radical (unpaired) electrons. The van der Waals surface area contributed by atoms with Crippen LogP contribution in [-0.4, -0.2) is 94.6 Å². The van der Waals surface area contributed by atoms with Gasteiger partial charge in [0.1, 0.15) is 11.6 Å². The van der Waals surface area contributed by atoms with Gasteiger partial charge in [-0.1, -0.05) is 24.3 Å². The quantitative estimate of drug-likeness (QED) is 0.651. The average molecular weight is 389 g/mol. The Bertz CT molecular complexity index is 763. The third-order valence-corrected chi connectivity index (χ3v) is 6.36. The molecule has 4 rings (SSSR count). The molecule has 2 fully saturated rings. The fraction of sp³-hybridized carbons (Fsp3) is 0.650. The largest absolute Gasteiger partial charge is 0.395 e. The van der Waals surface area contributed by atoms with Gasteiger partial charge in [-0.3, -0.25) is 14.4 Å². The van der Waals surface area contributed by atoms with Crippen molar-refractivity contribution in [1.82, 2.24) is 14.7 Å². The van der Waals surface area contributed by atoms with Crippen LogP contribution in [0, 0.1) is 11.8 Å². The van der Waals surface area contributed by atoms with Crippen molar-refractivity contribution in [1.29, 1.82) is 0 Å². The lowest BCUT2D eigenvalue weighted by molar-refractivity contribution is -0.149. The van der Waals surface area contributed by atoms with Crippen molar-refractivity contribution < 1.29 is 24.2 Å². The van der Waals surface area contributed by atoms with Crippen molar-refractivity contribution in [2.45, 2.75) is 37.6 Å². The minimum atomic E-state index is -1.19. The predicted molar refractivity (Wildman–Crippen MR) is 99.9 cm³/mol. The number of carbonyl (C=O) groups excluding carboxylic acids is 3. The number of aliphatic hydroxyl groups excluding tert-OH is 1. The molecule has 4 heterocycles. The number of amides is 3. The SMILES string of the molecule is CC(C)N1CC=C[C@]23O[C@@H]4C=CCN(C)C(=O)[C@@H]4[C@H]2C(=O)N(CCO)C3C1=O. The summed E-state index contributed by atoms with van der Waals surface area (Å²) in [5, 5.41) is 9.53. The van der Waals surface area contributed by atoms with E-state index in [1.54, 1.807) is 16.8 Å². The van der Waals surface area contributed by atoms with Gasteiger partial charge in [0, 0.05) is 32.7 Å². The number of nitrogens with zero attached hydrogens (tertiary/aromatic N) is 3. The highest BCUT2D eigenvalue weighted by molar-refractivity contribution is 5.99. The van der Waals surface area contributed by atoms with Crippen molar-refractivity contribution in [2.75, 3.05) is 33.3 Å². The number of hydrogen-bond donors (Lipinski definition) is 1. The second-order valence-corrected chi connectivity index (χ2v) is 8.23. The van der Waals surface area contributed by atoms with Gasteiger partial charge >= 0.3 is 0 Å². The van der Waals surface area contributed by atoms with Crippen molar-refractivity contribution in [3.63, 3.8) is 0 Å². The molecule has 1 spiro atoms. The topological polar surface area (TPSA) is 90.4 Å². The molecule has 0 aromatic carbocycles. The first-order chi connectivity index (χ1) is 13.3. The second-order valence-electron chi connectivity index (χ2n) is 8.23. The molecule has 1 N–H and O–H groups in total. The number of likely N-dealkylation sites (tertiary alicyclic amines) is 1. The maximum Gasteiger partial charge on any atom is 0.249 e. The first-order valence-corrected chi connectivity index (χ1v) is 9.82. The van der Waals surface area contributed by atoms with Crippen LogP contribution < -0.4 is 0 Å². The number of ether oxygens (including phenoxy) is 1. The Kier molecular flexibility index (Phi) is 4.58. The third-order valence-electron chi connectivity index (χ3n) is 6.36. The zero-order valence-electron chi connectivity index (χ0n) is 16.4. The molecule has 8 nitrogen and oxygen atoms in total. The summed E-state index contributed by atoms with van der Waals surface area (Å²) in [5.41, 5.74) is -1.19. The second kappa shape index (κ2) is 6.70. The van der Waals surface area contributed by atoms with E-state index in [0.717, 1.165) is 0 Å². The van der Waals surface area contributed by atoms with Crippen LogP contribution in [0.3, 0.4) is 0 Å². The van der Waals surface area contributed by atoms with E-state index in [1.165, 1.54) is 4.90 Å². The Labute approximate surface area is 164 Å². The smallest absolute Gasteiger partial charge is 0.249 e. The molecule has 2 saturated heterocycles. The summed E-state index contributed by atoms with van der Waals surface area (Å²) < 4.78 is 6.39. The molecule has 3 amide bonds. The fourth-order valence-electron chi connectivity index (χ4n) is 5.09. The van der Waals surface area contributed by atoms with E-state index in [2.05, 4.69) is 0 Å². The number of carbonyl (C=O) groups is 3. The van der Waals surface area contributed by atoms with E-state index < -0.39 is 29.6 Å². The Morgan fingerprint density at radius 3 is 2.61 bits per heavy atom. The van der Waals surface area contributed by atoms with Crippen molar-refractivity contribution >= 4 is 17.7 Å². The van der Waals surface area contributed by atoms with Crippen LogP contribution in [0.15, 0.2) is 24.3 Å². The van der Waals surface area contributed by atoms with Gasteiger partial charge < -0.3 is 24.5 Å². The summed E-state index contributed by atoms with van der Waals surface area (Å²) in [6.45, 7) is 4.51. The zero-order valence-corrected chi connectivity index (χ0v) is 16.4. The molecule has 0 aromatic rings. The highest BCUT2D eigenvalue weighted by Crippen LogP contribution is 2.53. The normalized spacial score (nSPS) is 37.3. The van der Waals surface area contributed by atoms with Crippen LogP contribution in [0.2, 0.25) is 0 Å². The monoisotopic (exact) mass is 389 g/mol. The first-order valence-electron chi connectivity index (χ1n) is 9.82. The molecular formula is C20H27N3O5. The number of rotatable bonds is 3. The van der Waals surface area contributed by atoms with E-state index in [4.69, 9.17) is 4.74 Å². The lowest BCUT2D eigenvalue weighted by Gasteiger charge is -2.36. The van der Waals surface area contributed by atoms with E-state index in [9.17, 15) is 19.5 Å². The van der Waals surface area contributed by atoms with Gasteiger partial charge in [-0.2, -0.15) is 0 Å². The average Bonchev–Trinajstić information content (AvgIpc) is 2.95. The van der Waals surface area contributed by atoms with E-state index in [1.807, 2.05) is 38.2 Å². The van der Waals surface area contributed by atoms with Gasteiger partial charge in [0.05, 0.1) is 24.5 Å². The summed E-state index contributed by atoms with van der Waals surface area (Å²) in [6.07, 6.45) is 6.84. The summed E-state index contributed by atoms with van der Waals surface area (Å²) in [6, 6.07) is -0.922. The molecule has 152 valence electrons. The molecule has 0 bridgehead atoms. The fourth-order valence-corrected chi connectivity index (χ4v) is 5.09. The minimum Gasteiger partial charge on any atom is -0.395 e. The van der Waals surface area contributed by atoms with Crippen LogP contribution >= 0.6 is 0 Å². The number of likely N-dealkylation sites (N-methyl/N-ethyl adjacent to an activating group) is 1. The third kappa shape index (κ3) is 2.47. The van der Waals surface area contributed by atoms with E-state index in [0.29, 0.717) is 13.1 Å². The van der Waals surface area contributed by atoms with Crippen LogP contribution in [0.5, 0.6) is 0 Å². The van der Waals surface area contributed by atoms with Gasteiger partial charge in [-0.15, -0.1) is 0 Å². The maximum absolute atomic E-state index is 13.5. The molecular weight excluding hydrogens is 362 g/mol. The first kappa shape index (κ1) is 19.1. The molecule has 4 aliphatic rings. The number of aliphatic hydroxyl groups is 1. The minimum absolute atomic E-state index is 0.0356. The molecule has 1 unspecified atom stereocenters. The molecule has 5 atom stereocenters. The van der Waals surface area contributed by atoms with E-state index >= 15 is 0 Å². The lowest BCUT2D eigenvalue weighted by Crippen LogP contribution is -2.56. The van der Waals surface area contributed by atoms with Gasteiger partial charge in [-0.05, 0) is 13.8 Å². The molecule has 0 aliphatic carbocycles. The van der Waals surface area contributed by atoms with Crippen LogP contribution in [0.1, 0.15) is 13.8 Å². The summed E-state index contributed by atoms with van der Waals surface area (Å²) >= 11 is 0. The molecule has 28 heavy (non-hydrogen) atoms. The summed E-state index contributed by atoms with van der Waals surface area (Å²) in [5.74, 6) is -2.11. The van der Waals surface area contributed by atoms with Crippen LogP contribution in [0.4, 0.5) is 0 Å². The summed E-state index contributed by atoms with van der Waals surface area (Å²) in [4.78, 5) is 44.7. The van der Waals surface area contributed by atoms with Crippen LogP contribution in [0.25, 0.3) is 0 Å². The summed E-state index contributed by atoms with van der Waals surface area (Å²) in [7, 11) is 1.71. The van der Waals surface area contributed by atoms with Gasteiger partial charge in [0.2, 0.25) is 17.7 Å². The number of hydrogen-bond acceptors (Lipinski definition) is 5. The zero-order chi connectivity index (χ0) is 20.2. The van der Waals surface area contributed by atoms with Gasteiger partial charge in [-0.25, -0.2) is 0 Å². The van der Waals surface area contributed by atoms with Crippen molar-refractivity contribution in [3.8, 4) is 0 Å². The van der Waals surface area contributed by atoms with Crippen LogP contribution in [-0.2, 0) is 19.1 Å². The highest BCUT2D eigenvalue weighted by atomic mass is 16.5. The Hall–Kier alpha value is -2.19.